The van der Waals surface area contributed by atoms with Crippen molar-refractivity contribution in [3.05, 3.63) is 24.3 Å². The second-order valence-corrected chi connectivity index (χ2v) is 4.95. The van der Waals surface area contributed by atoms with Crippen LogP contribution in [0.15, 0.2) is 29.3 Å². The summed E-state index contributed by atoms with van der Waals surface area (Å²) in [5.41, 5.74) is 7.38. The third kappa shape index (κ3) is 2.71. The van der Waals surface area contributed by atoms with E-state index in [4.69, 9.17) is 10.5 Å². The normalized spacial score (nSPS) is 23.2. The number of rotatable bonds is 3. The van der Waals surface area contributed by atoms with E-state index in [0.717, 1.165) is 11.4 Å². The van der Waals surface area contributed by atoms with Crippen molar-refractivity contribution in [2.75, 3.05) is 12.4 Å². The van der Waals surface area contributed by atoms with Gasteiger partial charge in [-0.15, -0.1) is 24.0 Å². The van der Waals surface area contributed by atoms with Gasteiger partial charge in [0.05, 0.1) is 13.2 Å². The monoisotopic (exact) mass is 359 g/mol. The Labute approximate surface area is 124 Å². The molecular formula is C13H18IN3O. The first-order chi connectivity index (χ1) is 8.22. The molecule has 2 aliphatic rings. The molecule has 0 radical (unpaired) electrons. The van der Waals surface area contributed by atoms with Crippen LogP contribution < -0.4 is 15.8 Å². The third-order valence-corrected chi connectivity index (χ3v) is 3.70. The Morgan fingerprint density at radius 2 is 2.06 bits per heavy atom. The summed E-state index contributed by atoms with van der Waals surface area (Å²) >= 11 is 0. The highest BCUT2D eigenvalue weighted by Gasteiger charge is 2.63. The van der Waals surface area contributed by atoms with Crippen LogP contribution in [0.1, 0.15) is 19.3 Å². The molecule has 1 aromatic rings. The molecule has 0 amide bonds. The molecule has 0 aliphatic heterocycles. The summed E-state index contributed by atoms with van der Waals surface area (Å²) in [7, 11) is 1.65. The van der Waals surface area contributed by atoms with Gasteiger partial charge in [0.25, 0.3) is 0 Å². The molecule has 1 unspecified atom stereocenters. The molecule has 3 rings (SSSR count). The zero-order valence-electron chi connectivity index (χ0n) is 10.3. The molecule has 98 valence electrons. The van der Waals surface area contributed by atoms with E-state index in [9.17, 15) is 0 Å². The van der Waals surface area contributed by atoms with E-state index in [1.807, 2.05) is 24.3 Å². The van der Waals surface area contributed by atoms with E-state index in [1.54, 1.807) is 7.11 Å². The third-order valence-electron chi connectivity index (χ3n) is 3.70. The van der Waals surface area contributed by atoms with Gasteiger partial charge in [-0.1, -0.05) is 0 Å². The molecule has 1 spiro atoms. The van der Waals surface area contributed by atoms with Gasteiger partial charge in [-0.2, -0.15) is 0 Å². The van der Waals surface area contributed by atoms with Crippen LogP contribution in [-0.2, 0) is 0 Å². The molecule has 18 heavy (non-hydrogen) atoms. The lowest BCUT2D eigenvalue weighted by Crippen LogP contribution is -2.23. The number of nitrogens with zero attached hydrogens (tertiary/aromatic N) is 1. The van der Waals surface area contributed by atoms with E-state index in [1.165, 1.54) is 19.3 Å². The number of guanidine groups is 1. The van der Waals surface area contributed by atoms with Gasteiger partial charge < -0.3 is 15.8 Å². The summed E-state index contributed by atoms with van der Waals surface area (Å²) in [6.45, 7) is 0. The van der Waals surface area contributed by atoms with Gasteiger partial charge >= 0.3 is 0 Å². The second-order valence-electron chi connectivity index (χ2n) is 4.95. The number of hydrogen-bond donors (Lipinski definition) is 2. The molecule has 2 fully saturated rings. The Hall–Kier alpha value is -0.980. The molecule has 2 aliphatic carbocycles. The van der Waals surface area contributed by atoms with Crippen molar-refractivity contribution in [1.82, 2.24) is 0 Å². The lowest BCUT2D eigenvalue weighted by molar-refractivity contribution is 0.415. The predicted molar refractivity (Wildman–Crippen MR) is 83.7 cm³/mol. The molecule has 1 aromatic carbocycles. The van der Waals surface area contributed by atoms with Gasteiger partial charge in [0.15, 0.2) is 5.96 Å². The fraction of sp³-hybridized carbons (Fsp3) is 0.462. The highest BCUT2D eigenvalue weighted by Crippen LogP contribution is 2.67. The fourth-order valence-electron chi connectivity index (χ4n) is 2.23. The van der Waals surface area contributed by atoms with Crippen molar-refractivity contribution in [2.45, 2.75) is 25.3 Å². The maximum Gasteiger partial charge on any atom is 0.193 e. The lowest BCUT2D eigenvalue weighted by atomic mass is 10.3. The fourth-order valence-corrected chi connectivity index (χ4v) is 2.23. The summed E-state index contributed by atoms with van der Waals surface area (Å²) in [5.74, 6) is 1.36. The van der Waals surface area contributed by atoms with Gasteiger partial charge in [-0.3, -0.25) is 0 Å². The Balaban J connectivity index is 0.00000120. The maximum absolute atomic E-state index is 5.87. The van der Waals surface area contributed by atoms with E-state index >= 15 is 0 Å². The summed E-state index contributed by atoms with van der Waals surface area (Å²) in [4.78, 5) is 4.49. The highest BCUT2D eigenvalue weighted by atomic mass is 127. The van der Waals surface area contributed by atoms with Crippen LogP contribution in [0.4, 0.5) is 5.69 Å². The van der Waals surface area contributed by atoms with Crippen molar-refractivity contribution in [2.24, 2.45) is 16.1 Å². The van der Waals surface area contributed by atoms with Crippen molar-refractivity contribution in [3.63, 3.8) is 0 Å². The molecule has 0 aromatic heterocycles. The van der Waals surface area contributed by atoms with Gasteiger partial charge in [0, 0.05) is 5.69 Å². The van der Waals surface area contributed by atoms with E-state index < -0.39 is 0 Å². The minimum atomic E-state index is 0. The van der Waals surface area contributed by atoms with E-state index in [-0.39, 0.29) is 24.0 Å². The van der Waals surface area contributed by atoms with Crippen molar-refractivity contribution in [3.8, 4) is 5.75 Å². The van der Waals surface area contributed by atoms with Crippen LogP contribution in [0.25, 0.3) is 0 Å². The van der Waals surface area contributed by atoms with E-state index in [0.29, 0.717) is 17.4 Å². The molecule has 2 saturated carbocycles. The molecule has 0 bridgehead atoms. The van der Waals surface area contributed by atoms with Gasteiger partial charge in [0.1, 0.15) is 5.75 Å². The van der Waals surface area contributed by atoms with Gasteiger partial charge in [-0.05, 0) is 48.9 Å². The van der Waals surface area contributed by atoms with Crippen molar-refractivity contribution < 1.29 is 4.74 Å². The minimum Gasteiger partial charge on any atom is -0.497 e. The molecule has 1 atom stereocenters. The summed E-state index contributed by atoms with van der Waals surface area (Å²) in [5, 5.41) is 3.10. The van der Waals surface area contributed by atoms with Crippen LogP contribution >= 0.6 is 24.0 Å². The number of hydrogen-bond acceptors (Lipinski definition) is 2. The summed E-state index contributed by atoms with van der Waals surface area (Å²) in [6, 6.07) is 8.12. The zero-order chi connectivity index (χ0) is 11.9. The zero-order valence-corrected chi connectivity index (χ0v) is 12.7. The highest BCUT2D eigenvalue weighted by molar-refractivity contribution is 14.0. The number of halogens is 1. The molecule has 4 nitrogen and oxygen atoms in total. The number of anilines is 1. The molecule has 3 N–H and O–H groups in total. The quantitative estimate of drug-likeness (QED) is 0.496. The molecular weight excluding hydrogens is 341 g/mol. The average molecular weight is 359 g/mol. The lowest BCUT2D eigenvalue weighted by Gasteiger charge is -2.06. The van der Waals surface area contributed by atoms with Crippen LogP contribution in [-0.4, -0.2) is 19.1 Å². The molecule has 0 heterocycles. The maximum atomic E-state index is 5.87. The molecule has 5 heteroatoms. The van der Waals surface area contributed by atoms with Crippen LogP contribution in [0.2, 0.25) is 0 Å². The second kappa shape index (κ2) is 4.95. The first kappa shape index (κ1) is 13.5. The van der Waals surface area contributed by atoms with Crippen molar-refractivity contribution >= 4 is 35.6 Å². The Kier molecular flexibility index (Phi) is 3.70. The number of methoxy groups -OCH3 is 1. The number of nitrogens with two attached hydrogens (primary N) is 1. The smallest absolute Gasteiger partial charge is 0.193 e. The Morgan fingerprint density at radius 1 is 1.39 bits per heavy atom. The Bertz CT molecular complexity index is 454. The van der Waals surface area contributed by atoms with Crippen LogP contribution in [0.3, 0.4) is 0 Å². The number of ether oxygens (including phenoxy) is 1. The predicted octanol–water partition coefficient (Wildman–Crippen LogP) is 2.59. The molecule has 0 saturated heterocycles. The summed E-state index contributed by atoms with van der Waals surface area (Å²) < 4.78 is 5.09. The first-order valence-corrected chi connectivity index (χ1v) is 5.96. The number of nitrogens with one attached hydrogen (secondary N) is 1. The first-order valence-electron chi connectivity index (χ1n) is 5.96. The minimum absolute atomic E-state index is 0. The van der Waals surface area contributed by atoms with Gasteiger partial charge in [-0.25, -0.2) is 4.99 Å². The number of benzene rings is 1. The van der Waals surface area contributed by atoms with Crippen LogP contribution in [0, 0.1) is 5.41 Å². The van der Waals surface area contributed by atoms with Gasteiger partial charge in [0.2, 0.25) is 0 Å². The average Bonchev–Trinajstić information content (AvgIpc) is 3.22. The van der Waals surface area contributed by atoms with Crippen LogP contribution in [0.5, 0.6) is 5.75 Å². The Morgan fingerprint density at radius 3 is 2.56 bits per heavy atom. The number of aliphatic imine (C=N–C) groups is 1. The SMILES string of the molecule is COc1ccc(NC(N)=NC2CC23CC3)cc1.I. The standard InChI is InChI=1S/C13H17N3O.HI/c1-17-10-4-2-9(3-5-10)15-12(14)16-11-8-13(11)6-7-13;/h2-5,11H,6-8H2,1H3,(H3,14,15,16);1H. The topological polar surface area (TPSA) is 59.6 Å². The largest absolute Gasteiger partial charge is 0.497 e. The summed E-state index contributed by atoms with van der Waals surface area (Å²) in [6.07, 6.45) is 3.88. The van der Waals surface area contributed by atoms with E-state index in [2.05, 4.69) is 10.3 Å². The van der Waals surface area contributed by atoms with Crippen molar-refractivity contribution in [1.29, 1.82) is 0 Å².